The van der Waals surface area contributed by atoms with Gasteiger partial charge >= 0.3 is 0 Å². The zero-order chi connectivity index (χ0) is 13.2. The van der Waals surface area contributed by atoms with Crippen LogP contribution in [0.2, 0.25) is 0 Å². The fourth-order valence-electron chi connectivity index (χ4n) is 2.03. The molecule has 0 spiro atoms. The van der Waals surface area contributed by atoms with Gasteiger partial charge in [-0.15, -0.1) is 0 Å². The number of hydrogen-bond donors (Lipinski definition) is 1. The van der Waals surface area contributed by atoms with Crippen LogP contribution in [0.5, 0.6) is 5.75 Å². The molecule has 3 rings (SSSR count). The van der Waals surface area contributed by atoms with Crippen molar-refractivity contribution in [3.05, 3.63) is 65.9 Å². The second-order valence-corrected chi connectivity index (χ2v) is 4.40. The molecule has 1 aromatic heterocycles. The largest absolute Gasteiger partial charge is 0.508 e. The molecule has 0 aliphatic carbocycles. The van der Waals surface area contributed by atoms with Crippen molar-refractivity contribution in [2.24, 2.45) is 0 Å². The quantitative estimate of drug-likeness (QED) is 0.725. The number of fused-ring (bicyclic) bond motifs is 1. The fraction of sp³-hybridized carbons (Fsp3) is 0.0625. The first-order valence-corrected chi connectivity index (χ1v) is 6.02. The molecule has 94 valence electrons. The Balaban J connectivity index is 1.84. The Morgan fingerprint density at radius 2 is 1.79 bits per heavy atom. The van der Waals surface area contributed by atoms with Gasteiger partial charge in [-0.1, -0.05) is 18.2 Å². The smallest absolute Gasteiger partial charge is 0.170 e. The first kappa shape index (κ1) is 11.5. The molecule has 0 saturated heterocycles. The van der Waals surface area contributed by atoms with E-state index in [1.807, 2.05) is 30.3 Å². The molecule has 0 atom stereocenters. The number of aromatic hydroxyl groups is 1. The lowest BCUT2D eigenvalue weighted by Crippen LogP contribution is -2.02. The van der Waals surface area contributed by atoms with E-state index in [0.717, 1.165) is 11.0 Å². The predicted molar refractivity (Wildman–Crippen MR) is 72.4 cm³/mol. The molecule has 1 N–H and O–H groups in total. The molecule has 19 heavy (non-hydrogen) atoms. The second kappa shape index (κ2) is 4.61. The summed E-state index contributed by atoms with van der Waals surface area (Å²) >= 11 is 0. The standard InChI is InChI=1S/C16H12O3/c17-13-7-5-11(6-8-13)15(18)10-14-9-12-3-1-2-4-16(12)19-14/h1-9,17H,10H2. The zero-order valence-corrected chi connectivity index (χ0v) is 10.2. The molecule has 0 fully saturated rings. The van der Waals surface area contributed by atoms with Crippen molar-refractivity contribution in [1.29, 1.82) is 0 Å². The molecule has 0 saturated carbocycles. The summed E-state index contributed by atoms with van der Waals surface area (Å²) in [5.74, 6) is 0.776. The average molecular weight is 252 g/mol. The molecule has 2 aromatic carbocycles. The SMILES string of the molecule is O=C(Cc1cc2ccccc2o1)c1ccc(O)cc1. The lowest BCUT2D eigenvalue weighted by atomic mass is 10.1. The van der Waals surface area contributed by atoms with E-state index in [4.69, 9.17) is 4.42 Å². The molecular formula is C16H12O3. The van der Waals surface area contributed by atoms with Crippen molar-refractivity contribution < 1.29 is 14.3 Å². The number of para-hydroxylation sites is 1. The Kier molecular flexibility index (Phi) is 2.80. The van der Waals surface area contributed by atoms with Crippen molar-refractivity contribution in [3.63, 3.8) is 0 Å². The van der Waals surface area contributed by atoms with E-state index in [9.17, 15) is 9.90 Å². The van der Waals surface area contributed by atoms with E-state index in [2.05, 4.69) is 0 Å². The summed E-state index contributed by atoms with van der Waals surface area (Å²) in [7, 11) is 0. The highest BCUT2D eigenvalue weighted by Crippen LogP contribution is 2.20. The molecule has 3 nitrogen and oxygen atoms in total. The van der Waals surface area contributed by atoms with Crippen LogP contribution in [0, 0.1) is 0 Å². The van der Waals surface area contributed by atoms with Crippen LogP contribution in [0.15, 0.2) is 59.0 Å². The summed E-state index contributed by atoms with van der Waals surface area (Å²) < 4.78 is 5.61. The first-order valence-electron chi connectivity index (χ1n) is 6.02. The number of phenolic OH excluding ortho intramolecular Hbond substituents is 1. The van der Waals surface area contributed by atoms with Gasteiger partial charge in [-0.2, -0.15) is 0 Å². The summed E-state index contributed by atoms with van der Waals surface area (Å²) in [6.45, 7) is 0. The highest BCUT2D eigenvalue weighted by molar-refractivity contribution is 5.97. The third kappa shape index (κ3) is 2.36. The van der Waals surface area contributed by atoms with E-state index in [0.29, 0.717) is 11.3 Å². The van der Waals surface area contributed by atoms with Crippen LogP contribution in [-0.2, 0) is 6.42 Å². The maximum absolute atomic E-state index is 12.1. The number of carbonyl (C=O) groups excluding carboxylic acids is 1. The highest BCUT2D eigenvalue weighted by atomic mass is 16.3. The summed E-state index contributed by atoms with van der Waals surface area (Å²) in [6, 6.07) is 15.8. The van der Waals surface area contributed by atoms with E-state index < -0.39 is 0 Å². The maximum atomic E-state index is 12.1. The Morgan fingerprint density at radius 1 is 1.05 bits per heavy atom. The lowest BCUT2D eigenvalue weighted by molar-refractivity contribution is 0.0987. The van der Waals surface area contributed by atoms with Crippen LogP contribution in [0.1, 0.15) is 16.1 Å². The van der Waals surface area contributed by atoms with Crippen molar-refractivity contribution in [1.82, 2.24) is 0 Å². The van der Waals surface area contributed by atoms with Crippen LogP contribution in [0.25, 0.3) is 11.0 Å². The third-order valence-electron chi connectivity index (χ3n) is 3.00. The minimum absolute atomic E-state index is 0.0287. The van der Waals surface area contributed by atoms with Gasteiger partial charge in [-0.25, -0.2) is 0 Å². The van der Waals surface area contributed by atoms with E-state index in [1.165, 1.54) is 12.1 Å². The molecule has 3 heteroatoms. The molecule has 3 aromatic rings. The first-order chi connectivity index (χ1) is 9.22. The number of carbonyl (C=O) groups is 1. The summed E-state index contributed by atoms with van der Waals surface area (Å²) in [5.41, 5.74) is 1.36. The van der Waals surface area contributed by atoms with Crippen LogP contribution in [0.3, 0.4) is 0 Å². The fourth-order valence-corrected chi connectivity index (χ4v) is 2.03. The van der Waals surface area contributed by atoms with Crippen LogP contribution >= 0.6 is 0 Å². The molecular weight excluding hydrogens is 240 g/mol. The van der Waals surface area contributed by atoms with Crippen molar-refractivity contribution >= 4 is 16.8 Å². The molecule has 0 aliphatic heterocycles. The summed E-state index contributed by atoms with van der Waals surface area (Å²) in [4.78, 5) is 12.1. The number of furan rings is 1. The van der Waals surface area contributed by atoms with Crippen LogP contribution < -0.4 is 0 Å². The Bertz CT molecular complexity index is 690. The number of Topliss-reactive ketones (excluding diaryl/α,β-unsaturated/α-hetero) is 1. The van der Waals surface area contributed by atoms with Gasteiger partial charge in [-0.3, -0.25) is 4.79 Å². The van der Waals surface area contributed by atoms with E-state index in [-0.39, 0.29) is 18.0 Å². The molecule has 0 amide bonds. The highest BCUT2D eigenvalue weighted by Gasteiger charge is 2.10. The minimum Gasteiger partial charge on any atom is -0.508 e. The number of rotatable bonds is 3. The Labute approximate surface area is 110 Å². The third-order valence-corrected chi connectivity index (χ3v) is 3.00. The van der Waals surface area contributed by atoms with Gasteiger partial charge in [0.2, 0.25) is 0 Å². The monoisotopic (exact) mass is 252 g/mol. The molecule has 0 aliphatic rings. The van der Waals surface area contributed by atoms with Gasteiger partial charge in [0, 0.05) is 10.9 Å². The Morgan fingerprint density at radius 3 is 2.53 bits per heavy atom. The number of hydrogen-bond acceptors (Lipinski definition) is 3. The average Bonchev–Trinajstić information content (AvgIpc) is 2.81. The molecule has 0 radical (unpaired) electrons. The van der Waals surface area contributed by atoms with Crippen LogP contribution in [-0.4, -0.2) is 10.9 Å². The van der Waals surface area contributed by atoms with Gasteiger partial charge in [0.1, 0.15) is 17.1 Å². The van der Waals surface area contributed by atoms with Crippen molar-refractivity contribution in [3.8, 4) is 5.75 Å². The van der Waals surface area contributed by atoms with Crippen molar-refractivity contribution in [2.75, 3.05) is 0 Å². The topological polar surface area (TPSA) is 50.4 Å². The van der Waals surface area contributed by atoms with Crippen LogP contribution in [0.4, 0.5) is 0 Å². The van der Waals surface area contributed by atoms with E-state index in [1.54, 1.807) is 12.1 Å². The van der Waals surface area contributed by atoms with Gasteiger partial charge in [0.15, 0.2) is 5.78 Å². The minimum atomic E-state index is -0.0287. The van der Waals surface area contributed by atoms with Crippen molar-refractivity contribution in [2.45, 2.75) is 6.42 Å². The summed E-state index contributed by atoms with van der Waals surface area (Å²) in [6.07, 6.45) is 0.222. The van der Waals surface area contributed by atoms with Gasteiger partial charge in [-0.05, 0) is 36.4 Å². The number of benzene rings is 2. The predicted octanol–water partition coefficient (Wildman–Crippen LogP) is 3.56. The van der Waals surface area contributed by atoms with Gasteiger partial charge < -0.3 is 9.52 Å². The number of ketones is 1. The Hall–Kier alpha value is -2.55. The summed E-state index contributed by atoms with van der Waals surface area (Å²) in [5, 5.41) is 10.2. The molecule has 1 heterocycles. The molecule has 0 unspecified atom stereocenters. The molecule has 0 bridgehead atoms. The normalized spacial score (nSPS) is 10.7. The van der Waals surface area contributed by atoms with E-state index >= 15 is 0 Å². The number of phenols is 1. The zero-order valence-electron chi connectivity index (χ0n) is 10.2. The second-order valence-electron chi connectivity index (χ2n) is 4.40. The van der Waals surface area contributed by atoms with Gasteiger partial charge in [0.05, 0.1) is 6.42 Å². The van der Waals surface area contributed by atoms with Gasteiger partial charge in [0.25, 0.3) is 0 Å². The lowest BCUT2D eigenvalue weighted by Gasteiger charge is -1.99. The maximum Gasteiger partial charge on any atom is 0.170 e.